The topological polar surface area (TPSA) is 32.7 Å². The molecule has 1 aliphatic heterocycles. The predicted octanol–water partition coefficient (Wildman–Crippen LogP) is -2.52. The number of nitrogens with zero attached hydrogens (tertiary/aromatic N) is 1. The van der Waals surface area contributed by atoms with Gasteiger partial charge in [-0.3, -0.25) is 0 Å². The van der Waals surface area contributed by atoms with Crippen molar-refractivity contribution in [3.05, 3.63) is 0 Å². The molecule has 0 aromatic rings. The predicted molar refractivity (Wildman–Crippen MR) is 48.2 cm³/mol. The van der Waals surface area contributed by atoms with Gasteiger partial charge in [-0.05, 0) is 0 Å². The van der Waals surface area contributed by atoms with Crippen LogP contribution in [0.2, 0.25) is 0 Å². The summed E-state index contributed by atoms with van der Waals surface area (Å²) >= 11 is 0.157. The van der Waals surface area contributed by atoms with Crippen LogP contribution in [0.3, 0.4) is 0 Å². The summed E-state index contributed by atoms with van der Waals surface area (Å²) in [4.78, 5) is 0. The number of aliphatic hydroxyl groups excluding tert-OH is 1. The third kappa shape index (κ3) is 3.34. The standard InChI is InChI=1S/C9H19INO2/c1-3-10-11-6-4-5-8(11)9(12)7-13-2/h8-9,12H,3-7H2,1-2H3/q-1. The van der Waals surface area contributed by atoms with Gasteiger partial charge in [-0.15, -0.1) is 0 Å². The van der Waals surface area contributed by atoms with Gasteiger partial charge in [-0.2, -0.15) is 0 Å². The summed E-state index contributed by atoms with van der Waals surface area (Å²) in [7, 11) is 1.65. The van der Waals surface area contributed by atoms with Crippen LogP contribution in [0.4, 0.5) is 0 Å². The molecule has 1 saturated heterocycles. The third-order valence-corrected chi connectivity index (χ3v) is 5.04. The van der Waals surface area contributed by atoms with Crippen molar-refractivity contribution in [1.82, 2.24) is 3.11 Å². The van der Waals surface area contributed by atoms with Gasteiger partial charge in [0, 0.05) is 0 Å². The molecule has 1 rings (SSSR count). The van der Waals surface area contributed by atoms with Gasteiger partial charge in [0.05, 0.1) is 0 Å². The number of methoxy groups -OCH3 is 1. The first kappa shape index (κ1) is 11.7. The quantitative estimate of drug-likeness (QED) is 0.346. The van der Waals surface area contributed by atoms with Gasteiger partial charge in [0.15, 0.2) is 0 Å². The average Bonchev–Trinajstić information content (AvgIpc) is 2.54. The molecule has 0 saturated carbocycles. The Hall–Kier alpha value is 0.610. The molecule has 80 valence electrons. The Bertz CT molecular complexity index is 146. The van der Waals surface area contributed by atoms with E-state index in [0.29, 0.717) is 12.6 Å². The summed E-state index contributed by atoms with van der Waals surface area (Å²) in [5.74, 6) is 0. The van der Waals surface area contributed by atoms with Crippen LogP contribution < -0.4 is 21.5 Å². The first-order valence-corrected chi connectivity index (χ1v) is 7.31. The third-order valence-electron chi connectivity index (χ3n) is 2.29. The molecule has 1 aliphatic rings. The zero-order valence-corrected chi connectivity index (χ0v) is 10.5. The molecule has 2 unspecified atom stereocenters. The Balaban J connectivity index is 2.37. The van der Waals surface area contributed by atoms with E-state index in [-0.39, 0.29) is 27.6 Å². The van der Waals surface area contributed by atoms with Gasteiger partial charge in [-0.25, -0.2) is 0 Å². The van der Waals surface area contributed by atoms with Crippen LogP contribution in [0.25, 0.3) is 0 Å². The number of hydrogen-bond donors (Lipinski definition) is 1. The molecule has 0 aliphatic carbocycles. The fourth-order valence-corrected chi connectivity index (χ4v) is 4.43. The zero-order chi connectivity index (χ0) is 9.68. The summed E-state index contributed by atoms with van der Waals surface area (Å²) in [5, 5.41) is 9.80. The summed E-state index contributed by atoms with van der Waals surface area (Å²) in [6.07, 6.45) is 2.11. The SMILES string of the molecule is CC[I-]N1CCCC1C(O)COC. The molecule has 1 heterocycles. The van der Waals surface area contributed by atoms with Crippen molar-refractivity contribution < 1.29 is 31.3 Å². The summed E-state index contributed by atoms with van der Waals surface area (Å²) < 4.78 is 8.74. The Labute approximate surface area is 91.1 Å². The van der Waals surface area contributed by atoms with Gasteiger partial charge in [0.25, 0.3) is 0 Å². The maximum atomic E-state index is 9.80. The molecule has 2 atom stereocenters. The number of alkyl halides is 1. The first-order chi connectivity index (χ1) is 6.29. The number of aliphatic hydroxyl groups is 1. The van der Waals surface area contributed by atoms with Crippen molar-refractivity contribution in [2.45, 2.75) is 31.9 Å². The molecule has 13 heavy (non-hydrogen) atoms. The van der Waals surface area contributed by atoms with Crippen molar-refractivity contribution in [3.8, 4) is 0 Å². The van der Waals surface area contributed by atoms with Crippen molar-refractivity contribution in [1.29, 1.82) is 0 Å². The molecule has 0 amide bonds. The Morgan fingerprint density at radius 1 is 1.69 bits per heavy atom. The minimum absolute atomic E-state index is 0.157. The molecule has 0 aromatic carbocycles. The molecule has 1 N–H and O–H groups in total. The second kappa shape index (κ2) is 6.16. The van der Waals surface area contributed by atoms with E-state index in [0.717, 1.165) is 6.42 Å². The van der Waals surface area contributed by atoms with E-state index >= 15 is 0 Å². The van der Waals surface area contributed by atoms with E-state index in [1.807, 2.05) is 0 Å². The fourth-order valence-electron chi connectivity index (χ4n) is 1.72. The second-order valence-corrected chi connectivity index (χ2v) is 6.69. The first-order valence-electron chi connectivity index (χ1n) is 4.82. The van der Waals surface area contributed by atoms with E-state index in [9.17, 15) is 5.11 Å². The van der Waals surface area contributed by atoms with E-state index in [1.165, 1.54) is 17.4 Å². The Morgan fingerprint density at radius 3 is 3.08 bits per heavy atom. The van der Waals surface area contributed by atoms with Crippen LogP contribution in [-0.2, 0) is 4.74 Å². The summed E-state index contributed by atoms with van der Waals surface area (Å²) in [6, 6.07) is 0.382. The molecular weight excluding hydrogens is 281 g/mol. The van der Waals surface area contributed by atoms with E-state index in [1.54, 1.807) is 7.11 Å². The van der Waals surface area contributed by atoms with Crippen molar-refractivity contribution in [3.63, 3.8) is 0 Å². The molecule has 0 spiro atoms. The normalized spacial score (nSPS) is 26.8. The van der Waals surface area contributed by atoms with Crippen molar-refractivity contribution in [2.24, 2.45) is 0 Å². The zero-order valence-electron chi connectivity index (χ0n) is 8.37. The van der Waals surface area contributed by atoms with Crippen LogP contribution in [0.1, 0.15) is 19.8 Å². The number of ether oxygens (including phenoxy) is 1. The van der Waals surface area contributed by atoms with Crippen LogP contribution in [-0.4, -0.2) is 45.1 Å². The maximum absolute atomic E-state index is 9.80. The number of halogens is 1. The molecular formula is C9H19INO2-. The molecule has 1 fully saturated rings. The van der Waals surface area contributed by atoms with Crippen LogP contribution in [0.5, 0.6) is 0 Å². The molecule has 0 aromatic heterocycles. The van der Waals surface area contributed by atoms with E-state index in [2.05, 4.69) is 10.0 Å². The van der Waals surface area contributed by atoms with Gasteiger partial charge in [0.2, 0.25) is 0 Å². The van der Waals surface area contributed by atoms with Crippen molar-refractivity contribution in [2.75, 3.05) is 24.7 Å². The van der Waals surface area contributed by atoms with Gasteiger partial charge >= 0.3 is 91.0 Å². The van der Waals surface area contributed by atoms with Gasteiger partial charge in [0.1, 0.15) is 0 Å². The minimum atomic E-state index is -0.279. The fraction of sp³-hybridized carbons (Fsp3) is 1.00. The monoisotopic (exact) mass is 300 g/mol. The molecule has 0 bridgehead atoms. The molecule has 0 radical (unpaired) electrons. The van der Waals surface area contributed by atoms with Gasteiger partial charge < -0.3 is 0 Å². The molecule has 3 nitrogen and oxygen atoms in total. The molecule has 4 heteroatoms. The second-order valence-electron chi connectivity index (χ2n) is 3.24. The van der Waals surface area contributed by atoms with Crippen LogP contribution in [0.15, 0.2) is 0 Å². The average molecular weight is 300 g/mol. The number of hydrogen-bond acceptors (Lipinski definition) is 3. The van der Waals surface area contributed by atoms with Crippen molar-refractivity contribution >= 4 is 0 Å². The number of rotatable bonds is 5. The summed E-state index contributed by atoms with van der Waals surface area (Å²) in [6.45, 7) is 3.90. The van der Waals surface area contributed by atoms with E-state index < -0.39 is 0 Å². The Kier molecular flexibility index (Phi) is 5.54. The summed E-state index contributed by atoms with van der Waals surface area (Å²) in [5.41, 5.74) is 0. The Morgan fingerprint density at radius 2 is 2.46 bits per heavy atom. The van der Waals surface area contributed by atoms with E-state index in [4.69, 9.17) is 4.74 Å². The van der Waals surface area contributed by atoms with Gasteiger partial charge in [-0.1, -0.05) is 0 Å². The van der Waals surface area contributed by atoms with Crippen LogP contribution in [0, 0.1) is 0 Å². The van der Waals surface area contributed by atoms with Crippen LogP contribution >= 0.6 is 0 Å².